The van der Waals surface area contributed by atoms with Gasteiger partial charge in [0.05, 0.1) is 17.1 Å². The molecule has 0 aliphatic carbocycles. The number of benzene rings is 2. The maximum absolute atomic E-state index is 13.2. The van der Waals surface area contributed by atoms with E-state index in [1.165, 1.54) is 12.1 Å². The Morgan fingerprint density at radius 3 is 2.52 bits per heavy atom. The fraction of sp³-hybridized carbons (Fsp3) is 0.238. The molecule has 0 spiro atoms. The van der Waals surface area contributed by atoms with Crippen molar-refractivity contribution in [2.75, 3.05) is 5.75 Å². The summed E-state index contributed by atoms with van der Waals surface area (Å²) < 4.78 is 15.1. The van der Waals surface area contributed by atoms with Crippen LogP contribution < -0.4 is 0 Å². The van der Waals surface area contributed by atoms with Crippen LogP contribution in [0.4, 0.5) is 4.39 Å². The van der Waals surface area contributed by atoms with Crippen LogP contribution in [0, 0.1) is 19.7 Å². The predicted octanol–water partition coefficient (Wildman–Crippen LogP) is 4.40. The first-order chi connectivity index (χ1) is 13.0. The summed E-state index contributed by atoms with van der Waals surface area (Å²) in [6.07, 6.45) is 0. The molecule has 1 atom stereocenters. The summed E-state index contributed by atoms with van der Waals surface area (Å²) in [5, 5.41) is 4.64. The quantitative estimate of drug-likeness (QED) is 0.672. The number of nitrogens with zero attached hydrogens (tertiary/aromatic N) is 3. The Morgan fingerprint density at radius 2 is 1.81 bits per heavy atom. The summed E-state index contributed by atoms with van der Waals surface area (Å²) in [4.78, 5) is 14.4. The Kier molecular flexibility index (Phi) is 4.74. The molecule has 1 saturated heterocycles. The zero-order chi connectivity index (χ0) is 19.0. The second-order valence-corrected chi connectivity index (χ2v) is 7.71. The van der Waals surface area contributed by atoms with Crippen molar-refractivity contribution < 1.29 is 9.18 Å². The molecule has 1 aliphatic heterocycles. The van der Waals surface area contributed by atoms with Crippen molar-refractivity contribution in [3.63, 3.8) is 0 Å². The minimum absolute atomic E-state index is 0.0833. The molecule has 0 saturated carbocycles. The van der Waals surface area contributed by atoms with E-state index >= 15 is 0 Å². The lowest BCUT2D eigenvalue weighted by atomic mass is 10.1. The monoisotopic (exact) mass is 381 g/mol. The molecular formula is C21H20FN3OS. The molecule has 138 valence electrons. The zero-order valence-corrected chi connectivity index (χ0v) is 16.0. The van der Waals surface area contributed by atoms with Crippen molar-refractivity contribution in [2.24, 2.45) is 0 Å². The van der Waals surface area contributed by atoms with Crippen LogP contribution in [0.25, 0.3) is 5.69 Å². The first-order valence-corrected chi connectivity index (χ1v) is 9.86. The number of carbonyl (C=O) groups excluding carboxylic acids is 1. The lowest BCUT2D eigenvalue weighted by Crippen LogP contribution is -2.28. The van der Waals surface area contributed by atoms with E-state index in [4.69, 9.17) is 5.10 Å². The van der Waals surface area contributed by atoms with Gasteiger partial charge in [0.25, 0.3) is 0 Å². The standard InChI is InChI=1S/C21H20FN3OS/c1-14-20(15(2)25(23-14)18-6-4-3-5-7-18)21-24(19(26)13-27-21)12-16-8-10-17(22)11-9-16/h3-11,21H,12-13H2,1-2H3. The number of rotatable bonds is 4. The highest BCUT2D eigenvalue weighted by molar-refractivity contribution is 8.00. The molecule has 6 heteroatoms. The van der Waals surface area contributed by atoms with E-state index in [1.807, 2.05) is 53.8 Å². The number of para-hydroxylation sites is 1. The van der Waals surface area contributed by atoms with Crippen LogP contribution in [0.1, 0.15) is 27.9 Å². The van der Waals surface area contributed by atoms with Gasteiger partial charge in [-0.3, -0.25) is 4.79 Å². The lowest BCUT2D eigenvalue weighted by molar-refractivity contribution is -0.128. The molecule has 1 amide bonds. The number of thioether (sulfide) groups is 1. The summed E-state index contributed by atoms with van der Waals surface area (Å²) in [5.41, 5.74) is 4.96. The fourth-order valence-corrected chi connectivity index (χ4v) is 4.83. The molecule has 4 rings (SSSR count). The highest BCUT2D eigenvalue weighted by Gasteiger charge is 2.36. The number of halogens is 1. The Labute approximate surface area is 162 Å². The van der Waals surface area contributed by atoms with Crippen LogP contribution in [-0.4, -0.2) is 26.3 Å². The maximum atomic E-state index is 13.2. The van der Waals surface area contributed by atoms with Crippen LogP contribution in [0.2, 0.25) is 0 Å². The lowest BCUT2D eigenvalue weighted by Gasteiger charge is -2.24. The van der Waals surface area contributed by atoms with Gasteiger partial charge in [-0.1, -0.05) is 30.3 Å². The van der Waals surface area contributed by atoms with Gasteiger partial charge < -0.3 is 4.90 Å². The smallest absolute Gasteiger partial charge is 0.234 e. The van der Waals surface area contributed by atoms with E-state index in [0.29, 0.717) is 12.3 Å². The molecule has 0 N–H and O–H groups in total. The van der Waals surface area contributed by atoms with Gasteiger partial charge in [-0.05, 0) is 43.7 Å². The van der Waals surface area contributed by atoms with Crippen LogP contribution >= 0.6 is 11.8 Å². The number of carbonyl (C=O) groups is 1. The molecule has 0 radical (unpaired) electrons. The normalized spacial score (nSPS) is 16.9. The number of amides is 1. The molecule has 2 heterocycles. The first-order valence-electron chi connectivity index (χ1n) is 8.81. The van der Waals surface area contributed by atoms with Crippen LogP contribution in [0.3, 0.4) is 0 Å². The summed E-state index contributed by atoms with van der Waals surface area (Å²) >= 11 is 1.62. The highest BCUT2D eigenvalue weighted by atomic mass is 32.2. The number of aryl methyl sites for hydroxylation is 1. The van der Waals surface area contributed by atoms with Gasteiger partial charge in [-0.25, -0.2) is 9.07 Å². The van der Waals surface area contributed by atoms with E-state index in [2.05, 4.69) is 0 Å². The highest BCUT2D eigenvalue weighted by Crippen LogP contribution is 2.42. The van der Waals surface area contributed by atoms with Gasteiger partial charge in [0.1, 0.15) is 11.2 Å². The molecular weight excluding hydrogens is 361 g/mol. The summed E-state index contributed by atoms with van der Waals surface area (Å²) in [7, 11) is 0. The zero-order valence-electron chi connectivity index (χ0n) is 15.2. The molecule has 1 fully saturated rings. The molecule has 3 aromatic rings. The Hall–Kier alpha value is -2.60. The Morgan fingerprint density at radius 1 is 1.11 bits per heavy atom. The largest absolute Gasteiger partial charge is 0.321 e. The van der Waals surface area contributed by atoms with Crippen LogP contribution in [0.5, 0.6) is 0 Å². The van der Waals surface area contributed by atoms with Gasteiger partial charge in [-0.2, -0.15) is 5.10 Å². The van der Waals surface area contributed by atoms with Crippen molar-refractivity contribution in [1.29, 1.82) is 0 Å². The van der Waals surface area contributed by atoms with Crippen molar-refractivity contribution in [3.8, 4) is 5.69 Å². The molecule has 4 nitrogen and oxygen atoms in total. The van der Waals surface area contributed by atoms with Gasteiger partial charge in [0, 0.05) is 17.8 Å². The van der Waals surface area contributed by atoms with Crippen LogP contribution in [-0.2, 0) is 11.3 Å². The van der Waals surface area contributed by atoms with E-state index in [9.17, 15) is 9.18 Å². The van der Waals surface area contributed by atoms with E-state index in [0.717, 1.165) is 28.2 Å². The SMILES string of the molecule is Cc1nn(-c2ccccc2)c(C)c1C1SCC(=O)N1Cc1ccc(F)cc1. The van der Waals surface area contributed by atoms with Gasteiger partial charge in [0.15, 0.2) is 0 Å². The Balaban J connectivity index is 1.68. The van der Waals surface area contributed by atoms with E-state index < -0.39 is 0 Å². The molecule has 1 aromatic heterocycles. The second-order valence-electron chi connectivity index (χ2n) is 6.64. The minimum atomic E-state index is -0.270. The predicted molar refractivity (Wildman–Crippen MR) is 105 cm³/mol. The van der Waals surface area contributed by atoms with Crippen molar-refractivity contribution in [2.45, 2.75) is 25.8 Å². The molecule has 27 heavy (non-hydrogen) atoms. The van der Waals surface area contributed by atoms with E-state index in [1.54, 1.807) is 23.9 Å². The third-order valence-electron chi connectivity index (χ3n) is 4.83. The first kappa shape index (κ1) is 17.8. The topological polar surface area (TPSA) is 38.1 Å². The average Bonchev–Trinajstić information content (AvgIpc) is 3.17. The molecule has 0 bridgehead atoms. The molecule has 2 aromatic carbocycles. The van der Waals surface area contributed by atoms with Crippen molar-refractivity contribution in [3.05, 3.63) is 82.9 Å². The number of hydrogen-bond donors (Lipinski definition) is 0. The minimum Gasteiger partial charge on any atom is -0.321 e. The summed E-state index contributed by atoms with van der Waals surface area (Å²) in [5.74, 6) is 0.273. The van der Waals surface area contributed by atoms with Crippen LogP contribution in [0.15, 0.2) is 54.6 Å². The molecule has 1 aliphatic rings. The average molecular weight is 381 g/mol. The van der Waals surface area contributed by atoms with Gasteiger partial charge >= 0.3 is 0 Å². The van der Waals surface area contributed by atoms with Gasteiger partial charge in [0.2, 0.25) is 5.91 Å². The maximum Gasteiger partial charge on any atom is 0.234 e. The van der Waals surface area contributed by atoms with Crippen molar-refractivity contribution >= 4 is 17.7 Å². The number of aromatic nitrogens is 2. The third-order valence-corrected chi connectivity index (χ3v) is 6.05. The van der Waals surface area contributed by atoms with Gasteiger partial charge in [-0.15, -0.1) is 11.8 Å². The number of hydrogen-bond acceptors (Lipinski definition) is 3. The fourth-order valence-electron chi connectivity index (χ4n) is 3.48. The Bertz CT molecular complexity index is 969. The summed E-state index contributed by atoms with van der Waals surface area (Å²) in [6, 6.07) is 16.3. The second kappa shape index (κ2) is 7.19. The molecule has 1 unspecified atom stereocenters. The van der Waals surface area contributed by atoms with Crippen molar-refractivity contribution in [1.82, 2.24) is 14.7 Å². The third kappa shape index (κ3) is 3.37. The summed E-state index contributed by atoms with van der Waals surface area (Å²) in [6.45, 7) is 4.50. The van der Waals surface area contributed by atoms with E-state index in [-0.39, 0.29) is 17.1 Å².